The van der Waals surface area contributed by atoms with Crippen LogP contribution in [0.25, 0.3) is 6.08 Å². The third kappa shape index (κ3) is 4.20. The van der Waals surface area contributed by atoms with Gasteiger partial charge in [-0.05, 0) is 49.4 Å². The van der Waals surface area contributed by atoms with Gasteiger partial charge in [0.1, 0.15) is 11.9 Å². The summed E-state index contributed by atoms with van der Waals surface area (Å²) in [5.74, 6) is -1.64. The summed E-state index contributed by atoms with van der Waals surface area (Å²) in [5, 5.41) is -0.554. The lowest BCUT2D eigenvalue weighted by Crippen LogP contribution is -2.42. The number of benzene rings is 1. The highest BCUT2D eigenvalue weighted by Gasteiger charge is 2.41. The molecule has 0 radical (unpaired) electrons. The average Bonchev–Trinajstić information content (AvgIpc) is 2.95. The summed E-state index contributed by atoms with van der Waals surface area (Å²) < 4.78 is 24.7. The highest BCUT2D eigenvalue weighted by Crippen LogP contribution is 2.34. The Morgan fingerprint density at radius 2 is 2.07 bits per heavy atom. The number of hydrogen-bond donors (Lipinski definition) is 0. The maximum Gasteiger partial charge on any atom is 0.329 e. The predicted octanol–water partition coefficient (Wildman–Crippen LogP) is 2.65. The minimum absolute atomic E-state index is 0.139. The van der Waals surface area contributed by atoms with Gasteiger partial charge in [-0.2, -0.15) is 0 Å². The highest BCUT2D eigenvalue weighted by atomic mass is 32.2. The standard InChI is InChI=1S/C19H21FN2O5S/c1-3-27-18(24)12(2)22-17(23)16(28-19(22)25)11-13-4-5-15(14(20)10-13)21-6-8-26-9-7-21/h4-5,10-12H,3,6-9H2,1-2H3/b16-11+/t12-/m0/s1. The number of imide groups is 1. The predicted molar refractivity (Wildman–Crippen MR) is 103 cm³/mol. The molecule has 2 fully saturated rings. The van der Waals surface area contributed by atoms with Crippen LogP contribution in [-0.2, 0) is 19.1 Å². The van der Waals surface area contributed by atoms with Crippen molar-refractivity contribution in [2.24, 2.45) is 0 Å². The lowest BCUT2D eigenvalue weighted by molar-refractivity contribution is -0.150. The Bertz CT molecular complexity index is 823. The van der Waals surface area contributed by atoms with Gasteiger partial charge in [-0.1, -0.05) is 6.07 Å². The summed E-state index contributed by atoms with van der Waals surface area (Å²) in [6.45, 7) is 5.56. The summed E-state index contributed by atoms with van der Waals surface area (Å²) in [5.41, 5.74) is 0.938. The Morgan fingerprint density at radius 1 is 1.36 bits per heavy atom. The molecule has 0 aromatic heterocycles. The van der Waals surface area contributed by atoms with Gasteiger partial charge in [-0.25, -0.2) is 9.18 Å². The maximum absolute atomic E-state index is 14.5. The van der Waals surface area contributed by atoms with E-state index in [4.69, 9.17) is 9.47 Å². The van der Waals surface area contributed by atoms with E-state index in [-0.39, 0.29) is 11.5 Å². The van der Waals surface area contributed by atoms with Gasteiger partial charge in [0.2, 0.25) is 0 Å². The molecule has 0 saturated carbocycles. The van der Waals surface area contributed by atoms with E-state index in [2.05, 4.69) is 0 Å². The summed E-state index contributed by atoms with van der Waals surface area (Å²) in [6, 6.07) is 3.65. The van der Waals surface area contributed by atoms with E-state index in [0.717, 1.165) is 16.7 Å². The van der Waals surface area contributed by atoms with Crippen molar-refractivity contribution in [3.8, 4) is 0 Å². The van der Waals surface area contributed by atoms with Crippen LogP contribution in [0, 0.1) is 5.82 Å². The molecule has 3 rings (SSSR count). The van der Waals surface area contributed by atoms with Gasteiger partial charge in [-0.15, -0.1) is 0 Å². The number of hydrogen-bond acceptors (Lipinski definition) is 7. The Balaban J connectivity index is 1.78. The SMILES string of the molecule is CCOC(=O)[C@H](C)N1C(=O)S/C(=C/c2ccc(N3CCOCC3)c(F)c2)C1=O. The van der Waals surface area contributed by atoms with Crippen LogP contribution in [-0.4, -0.2) is 61.0 Å². The molecule has 2 saturated heterocycles. The molecule has 0 spiro atoms. The Labute approximate surface area is 166 Å². The van der Waals surface area contributed by atoms with Gasteiger partial charge in [0, 0.05) is 13.1 Å². The molecule has 2 heterocycles. The Hall–Kier alpha value is -2.39. The number of anilines is 1. The largest absolute Gasteiger partial charge is 0.464 e. The number of esters is 1. The molecule has 0 bridgehead atoms. The van der Waals surface area contributed by atoms with Crippen molar-refractivity contribution in [2.75, 3.05) is 37.8 Å². The van der Waals surface area contributed by atoms with Crippen molar-refractivity contribution in [3.05, 3.63) is 34.5 Å². The van der Waals surface area contributed by atoms with Crippen molar-refractivity contribution in [1.82, 2.24) is 4.90 Å². The first kappa shape index (κ1) is 20.3. The van der Waals surface area contributed by atoms with Crippen molar-refractivity contribution < 1.29 is 28.2 Å². The lowest BCUT2D eigenvalue weighted by Gasteiger charge is -2.29. The van der Waals surface area contributed by atoms with Crippen LogP contribution in [0.4, 0.5) is 14.9 Å². The minimum Gasteiger partial charge on any atom is -0.464 e. The normalized spacial score (nSPS) is 20.0. The molecule has 2 amide bonds. The first-order valence-electron chi connectivity index (χ1n) is 8.98. The molecule has 7 nitrogen and oxygen atoms in total. The van der Waals surface area contributed by atoms with Crippen molar-refractivity contribution >= 4 is 40.6 Å². The summed E-state index contributed by atoms with van der Waals surface area (Å²) in [6.07, 6.45) is 1.45. The molecule has 2 aliphatic rings. The number of nitrogens with zero attached hydrogens (tertiary/aromatic N) is 2. The van der Waals surface area contributed by atoms with E-state index < -0.39 is 29.0 Å². The van der Waals surface area contributed by atoms with E-state index in [1.54, 1.807) is 19.1 Å². The quantitative estimate of drug-likeness (QED) is 0.548. The second-order valence-corrected chi connectivity index (χ2v) is 7.28. The van der Waals surface area contributed by atoms with Gasteiger partial charge in [-0.3, -0.25) is 14.5 Å². The summed E-state index contributed by atoms with van der Waals surface area (Å²) in [4.78, 5) is 39.5. The Kier molecular flexibility index (Phi) is 6.35. The highest BCUT2D eigenvalue weighted by molar-refractivity contribution is 8.18. The molecule has 9 heteroatoms. The molecule has 150 valence electrons. The molecular weight excluding hydrogens is 387 g/mol. The van der Waals surface area contributed by atoms with Crippen LogP contribution in [0.2, 0.25) is 0 Å². The molecule has 1 aromatic rings. The smallest absolute Gasteiger partial charge is 0.329 e. The van der Waals surface area contributed by atoms with Crippen LogP contribution in [0.1, 0.15) is 19.4 Å². The average molecular weight is 408 g/mol. The van der Waals surface area contributed by atoms with Crippen molar-refractivity contribution in [1.29, 1.82) is 0 Å². The summed E-state index contributed by atoms with van der Waals surface area (Å²) in [7, 11) is 0. The lowest BCUT2D eigenvalue weighted by atomic mass is 10.1. The number of amides is 2. The van der Waals surface area contributed by atoms with Gasteiger partial charge >= 0.3 is 5.97 Å². The fourth-order valence-electron chi connectivity index (χ4n) is 3.01. The van der Waals surface area contributed by atoms with Gasteiger partial charge in [0.25, 0.3) is 11.1 Å². The number of halogens is 1. The Morgan fingerprint density at radius 3 is 2.71 bits per heavy atom. The molecule has 2 aliphatic heterocycles. The number of carbonyl (C=O) groups is 3. The van der Waals surface area contributed by atoms with Crippen LogP contribution in [0.5, 0.6) is 0 Å². The van der Waals surface area contributed by atoms with Crippen molar-refractivity contribution in [2.45, 2.75) is 19.9 Å². The molecule has 1 atom stereocenters. The van der Waals surface area contributed by atoms with Crippen LogP contribution in [0.3, 0.4) is 0 Å². The zero-order chi connectivity index (χ0) is 20.3. The fourth-order valence-corrected chi connectivity index (χ4v) is 3.92. The maximum atomic E-state index is 14.5. The van der Waals surface area contributed by atoms with E-state index in [1.807, 2.05) is 4.90 Å². The monoisotopic (exact) mass is 408 g/mol. The third-order valence-corrected chi connectivity index (χ3v) is 5.34. The van der Waals surface area contributed by atoms with E-state index in [9.17, 15) is 18.8 Å². The fraction of sp³-hybridized carbons (Fsp3) is 0.421. The van der Waals surface area contributed by atoms with Gasteiger partial charge in [0.15, 0.2) is 0 Å². The second kappa shape index (κ2) is 8.74. The zero-order valence-corrected chi connectivity index (χ0v) is 16.5. The first-order chi connectivity index (χ1) is 13.4. The molecule has 0 N–H and O–H groups in total. The first-order valence-corrected chi connectivity index (χ1v) is 9.80. The number of rotatable bonds is 5. The number of ether oxygens (including phenoxy) is 2. The van der Waals surface area contributed by atoms with Crippen LogP contribution in [0.15, 0.2) is 23.1 Å². The van der Waals surface area contributed by atoms with Crippen LogP contribution >= 0.6 is 11.8 Å². The third-order valence-electron chi connectivity index (χ3n) is 4.46. The van der Waals surface area contributed by atoms with E-state index in [0.29, 0.717) is 37.6 Å². The molecule has 0 aliphatic carbocycles. The van der Waals surface area contributed by atoms with Crippen molar-refractivity contribution in [3.63, 3.8) is 0 Å². The molecular formula is C19H21FN2O5S. The minimum atomic E-state index is -1.02. The topological polar surface area (TPSA) is 76.2 Å². The van der Waals surface area contributed by atoms with E-state index in [1.165, 1.54) is 19.1 Å². The molecule has 28 heavy (non-hydrogen) atoms. The number of carbonyl (C=O) groups excluding carboxylic acids is 3. The number of thioether (sulfide) groups is 1. The second-order valence-electron chi connectivity index (χ2n) is 6.29. The van der Waals surface area contributed by atoms with Gasteiger partial charge in [0.05, 0.1) is 30.4 Å². The van der Waals surface area contributed by atoms with Gasteiger partial charge < -0.3 is 14.4 Å². The summed E-state index contributed by atoms with van der Waals surface area (Å²) >= 11 is 0.720. The zero-order valence-electron chi connectivity index (χ0n) is 15.6. The molecule has 0 unspecified atom stereocenters. The number of morpholine rings is 1. The van der Waals surface area contributed by atoms with Crippen LogP contribution < -0.4 is 4.90 Å². The van der Waals surface area contributed by atoms with E-state index >= 15 is 0 Å². The molecule has 1 aromatic carbocycles.